The first-order valence-electron chi connectivity index (χ1n) is 8.82. The zero-order chi connectivity index (χ0) is 18.6. The molecule has 2 aromatic rings. The quantitative estimate of drug-likeness (QED) is 0.817. The second kappa shape index (κ2) is 7.50. The predicted octanol–water partition coefficient (Wildman–Crippen LogP) is 1.80. The van der Waals surface area contributed by atoms with Gasteiger partial charge in [-0.3, -0.25) is 4.79 Å². The topological polar surface area (TPSA) is 97.6 Å². The summed E-state index contributed by atoms with van der Waals surface area (Å²) in [5.41, 5.74) is 0.633. The number of amides is 1. The third-order valence-electron chi connectivity index (χ3n) is 4.51. The number of carbonyl (C=O) groups excluding carboxylic acids is 1. The highest BCUT2D eigenvalue weighted by Crippen LogP contribution is 2.34. The number of rotatable bonds is 3. The molecule has 1 atom stereocenters. The Labute approximate surface area is 156 Å². The Morgan fingerprint density at radius 2 is 2.11 bits per heavy atom. The van der Waals surface area contributed by atoms with Gasteiger partial charge in [-0.25, -0.2) is 9.97 Å². The van der Waals surface area contributed by atoms with Crippen molar-refractivity contribution in [2.45, 2.75) is 18.9 Å². The molecule has 0 aliphatic carbocycles. The minimum absolute atomic E-state index is 0.120. The Kier molecular flexibility index (Phi) is 4.75. The number of benzene rings is 1. The molecular formula is C19H18N4O4. The summed E-state index contributed by atoms with van der Waals surface area (Å²) in [6, 6.07) is 7.30. The second-order valence-electron chi connectivity index (χ2n) is 6.28. The molecule has 1 aromatic carbocycles. The number of piperidine rings is 1. The highest BCUT2D eigenvalue weighted by Gasteiger charge is 2.29. The summed E-state index contributed by atoms with van der Waals surface area (Å²) in [4.78, 5) is 22.8. The lowest BCUT2D eigenvalue weighted by Crippen LogP contribution is -2.44. The van der Waals surface area contributed by atoms with Gasteiger partial charge in [-0.15, -0.1) is 0 Å². The van der Waals surface area contributed by atoms with Crippen LogP contribution < -0.4 is 14.2 Å². The maximum Gasteiger partial charge on any atom is 0.257 e. The van der Waals surface area contributed by atoms with E-state index in [2.05, 4.69) is 9.97 Å². The van der Waals surface area contributed by atoms with E-state index in [-0.39, 0.29) is 23.6 Å². The molecule has 4 rings (SSSR count). The van der Waals surface area contributed by atoms with Gasteiger partial charge in [-0.2, -0.15) is 5.26 Å². The Balaban J connectivity index is 1.50. The highest BCUT2D eigenvalue weighted by atomic mass is 16.6. The van der Waals surface area contributed by atoms with Gasteiger partial charge in [0.2, 0.25) is 5.69 Å². The van der Waals surface area contributed by atoms with E-state index in [1.807, 2.05) is 6.07 Å². The van der Waals surface area contributed by atoms with Crippen LogP contribution in [0.1, 0.15) is 28.9 Å². The molecule has 0 unspecified atom stereocenters. The van der Waals surface area contributed by atoms with Crippen molar-refractivity contribution in [3.63, 3.8) is 0 Å². The normalized spacial score (nSPS) is 18.5. The first kappa shape index (κ1) is 17.1. The first-order valence-corrected chi connectivity index (χ1v) is 8.82. The van der Waals surface area contributed by atoms with E-state index in [1.165, 1.54) is 12.4 Å². The molecule has 1 amide bonds. The number of hydrogen-bond acceptors (Lipinski definition) is 7. The largest absolute Gasteiger partial charge is 0.486 e. The first-order chi connectivity index (χ1) is 13.3. The molecule has 2 aliphatic rings. The molecule has 8 heteroatoms. The van der Waals surface area contributed by atoms with Crippen LogP contribution >= 0.6 is 0 Å². The van der Waals surface area contributed by atoms with Crippen LogP contribution in [0.4, 0.5) is 0 Å². The molecule has 0 spiro atoms. The number of nitriles is 1. The van der Waals surface area contributed by atoms with E-state index in [0.29, 0.717) is 43.4 Å². The summed E-state index contributed by atoms with van der Waals surface area (Å²) in [5, 5.41) is 9.13. The van der Waals surface area contributed by atoms with E-state index < -0.39 is 0 Å². The summed E-state index contributed by atoms with van der Waals surface area (Å²) in [6.07, 6.45) is 4.25. The summed E-state index contributed by atoms with van der Waals surface area (Å²) in [5.74, 6) is 1.17. The smallest absolute Gasteiger partial charge is 0.257 e. The number of ether oxygens (including phenoxy) is 3. The van der Waals surface area contributed by atoms with Crippen molar-refractivity contribution in [2.24, 2.45) is 0 Å². The Morgan fingerprint density at radius 1 is 1.26 bits per heavy atom. The SMILES string of the molecule is N#Cc1nccnc1O[C@@H]1CCCN(C(=O)c2cccc3c2OCCO3)C1. The molecule has 0 saturated carbocycles. The molecule has 138 valence electrons. The summed E-state index contributed by atoms with van der Waals surface area (Å²) >= 11 is 0. The number of hydrogen-bond donors (Lipinski definition) is 0. The van der Waals surface area contributed by atoms with Crippen LogP contribution in [0.3, 0.4) is 0 Å². The van der Waals surface area contributed by atoms with Crippen molar-refractivity contribution in [1.29, 1.82) is 5.26 Å². The maximum atomic E-state index is 13.0. The van der Waals surface area contributed by atoms with Crippen molar-refractivity contribution < 1.29 is 19.0 Å². The molecule has 2 aliphatic heterocycles. The van der Waals surface area contributed by atoms with E-state index >= 15 is 0 Å². The molecule has 27 heavy (non-hydrogen) atoms. The van der Waals surface area contributed by atoms with Gasteiger partial charge in [0.05, 0.1) is 12.1 Å². The minimum Gasteiger partial charge on any atom is -0.486 e. The average Bonchev–Trinajstić information content (AvgIpc) is 2.73. The van der Waals surface area contributed by atoms with Gasteiger partial charge < -0.3 is 19.1 Å². The fourth-order valence-corrected chi connectivity index (χ4v) is 3.28. The molecule has 0 N–H and O–H groups in total. The molecule has 3 heterocycles. The highest BCUT2D eigenvalue weighted by molar-refractivity contribution is 5.98. The lowest BCUT2D eigenvalue weighted by atomic mass is 10.1. The number of carbonyl (C=O) groups is 1. The van der Waals surface area contributed by atoms with Gasteiger partial charge in [-0.1, -0.05) is 6.07 Å². The van der Waals surface area contributed by atoms with E-state index in [9.17, 15) is 4.79 Å². The van der Waals surface area contributed by atoms with Crippen molar-refractivity contribution in [3.8, 4) is 23.4 Å². The maximum absolute atomic E-state index is 13.0. The molecule has 1 saturated heterocycles. The number of fused-ring (bicyclic) bond motifs is 1. The minimum atomic E-state index is -0.247. The Morgan fingerprint density at radius 3 is 3.00 bits per heavy atom. The van der Waals surface area contributed by atoms with E-state index in [4.69, 9.17) is 19.5 Å². The van der Waals surface area contributed by atoms with Crippen molar-refractivity contribution >= 4 is 5.91 Å². The summed E-state index contributed by atoms with van der Waals surface area (Å²) < 4.78 is 17.1. The number of para-hydroxylation sites is 1. The van der Waals surface area contributed by atoms with Crippen LogP contribution in [0.5, 0.6) is 17.4 Å². The van der Waals surface area contributed by atoms with Gasteiger partial charge in [0.1, 0.15) is 25.4 Å². The van der Waals surface area contributed by atoms with Gasteiger partial charge in [0, 0.05) is 18.9 Å². The van der Waals surface area contributed by atoms with Crippen LogP contribution in [0.2, 0.25) is 0 Å². The Bertz CT molecular complexity index is 896. The zero-order valence-electron chi connectivity index (χ0n) is 14.6. The predicted molar refractivity (Wildman–Crippen MR) is 93.7 cm³/mol. The van der Waals surface area contributed by atoms with Crippen molar-refractivity contribution in [2.75, 3.05) is 26.3 Å². The standard InChI is InChI=1S/C19H18N4O4/c20-11-15-18(22-7-6-21-15)27-13-3-2-8-23(12-13)19(24)14-4-1-5-16-17(14)26-10-9-25-16/h1,4-7,13H,2-3,8-10,12H2/t13-/m1/s1. The molecule has 1 fully saturated rings. The van der Waals surface area contributed by atoms with Gasteiger partial charge in [0.25, 0.3) is 11.8 Å². The van der Waals surface area contributed by atoms with Crippen LogP contribution in [0.25, 0.3) is 0 Å². The van der Waals surface area contributed by atoms with E-state index in [1.54, 1.807) is 23.1 Å². The Hall–Kier alpha value is -3.34. The van der Waals surface area contributed by atoms with Gasteiger partial charge in [0.15, 0.2) is 11.5 Å². The van der Waals surface area contributed by atoms with Crippen LogP contribution in [0.15, 0.2) is 30.6 Å². The fourth-order valence-electron chi connectivity index (χ4n) is 3.28. The molecule has 0 bridgehead atoms. The number of nitrogens with zero attached hydrogens (tertiary/aromatic N) is 4. The lowest BCUT2D eigenvalue weighted by Gasteiger charge is -2.33. The monoisotopic (exact) mass is 366 g/mol. The second-order valence-corrected chi connectivity index (χ2v) is 6.28. The third kappa shape index (κ3) is 3.49. The van der Waals surface area contributed by atoms with Crippen molar-refractivity contribution in [1.82, 2.24) is 14.9 Å². The fraction of sp³-hybridized carbons (Fsp3) is 0.368. The average molecular weight is 366 g/mol. The zero-order valence-corrected chi connectivity index (χ0v) is 14.6. The molecular weight excluding hydrogens is 348 g/mol. The molecule has 1 aromatic heterocycles. The summed E-state index contributed by atoms with van der Waals surface area (Å²) in [7, 11) is 0. The van der Waals surface area contributed by atoms with Crippen LogP contribution in [-0.2, 0) is 0 Å². The third-order valence-corrected chi connectivity index (χ3v) is 4.51. The van der Waals surface area contributed by atoms with Crippen LogP contribution in [0, 0.1) is 11.3 Å². The van der Waals surface area contributed by atoms with E-state index in [0.717, 1.165) is 12.8 Å². The number of aromatic nitrogens is 2. The number of likely N-dealkylation sites (tertiary alicyclic amines) is 1. The summed E-state index contributed by atoms with van der Waals surface area (Å²) in [6.45, 7) is 1.94. The van der Waals surface area contributed by atoms with Crippen molar-refractivity contribution in [3.05, 3.63) is 41.9 Å². The molecule has 8 nitrogen and oxygen atoms in total. The van der Waals surface area contributed by atoms with Crippen LogP contribution in [-0.4, -0.2) is 53.2 Å². The van der Waals surface area contributed by atoms with Gasteiger partial charge >= 0.3 is 0 Å². The lowest BCUT2D eigenvalue weighted by molar-refractivity contribution is 0.0518. The van der Waals surface area contributed by atoms with Gasteiger partial charge in [-0.05, 0) is 25.0 Å². The molecule has 0 radical (unpaired) electrons.